The topological polar surface area (TPSA) is 70.2 Å². The lowest BCUT2D eigenvalue weighted by atomic mass is 10.0. The minimum atomic E-state index is -0.498. The Kier molecular flexibility index (Phi) is 7.07. The number of carbonyl (C=O) groups is 2. The second-order valence-electron chi connectivity index (χ2n) is 6.05. The quantitative estimate of drug-likeness (QED) is 0.731. The number of imide groups is 1. The minimum Gasteiger partial charge on any atom is -0.338 e. The van der Waals surface area contributed by atoms with Gasteiger partial charge in [0.05, 0.1) is 0 Å². The van der Waals surface area contributed by atoms with E-state index in [9.17, 15) is 9.59 Å². The van der Waals surface area contributed by atoms with Gasteiger partial charge < -0.3 is 5.32 Å². The van der Waals surface area contributed by atoms with Gasteiger partial charge in [-0.1, -0.05) is 56.0 Å². The normalized spacial score (nSPS) is 17.1. The van der Waals surface area contributed by atoms with Crippen LogP contribution in [0.2, 0.25) is 0 Å². The van der Waals surface area contributed by atoms with Gasteiger partial charge in [-0.05, 0) is 25.3 Å². The first-order valence-corrected chi connectivity index (χ1v) is 8.60. The van der Waals surface area contributed by atoms with Crippen molar-refractivity contribution in [1.82, 2.24) is 16.0 Å². The molecule has 0 spiro atoms. The molecule has 1 fully saturated rings. The smallest absolute Gasteiger partial charge is 0.321 e. The van der Waals surface area contributed by atoms with Crippen LogP contribution in [0.4, 0.5) is 4.79 Å². The predicted octanol–water partition coefficient (Wildman–Crippen LogP) is 2.89. The molecule has 0 unspecified atom stereocenters. The molecule has 2 rings (SSSR count). The Balaban J connectivity index is 2.08. The third-order valence-electron chi connectivity index (χ3n) is 4.23. The van der Waals surface area contributed by atoms with Gasteiger partial charge in [-0.2, -0.15) is 0 Å². The van der Waals surface area contributed by atoms with Gasteiger partial charge >= 0.3 is 6.03 Å². The number of urea groups is 1. The van der Waals surface area contributed by atoms with E-state index in [-0.39, 0.29) is 5.91 Å². The van der Waals surface area contributed by atoms with Crippen molar-refractivity contribution in [1.29, 1.82) is 0 Å². The summed E-state index contributed by atoms with van der Waals surface area (Å²) in [5, 5.41) is 8.50. The Morgan fingerprint density at radius 2 is 1.74 bits per heavy atom. The van der Waals surface area contributed by atoms with E-state index in [4.69, 9.17) is 0 Å². The van der Waals surface area contributed by atoms with Crippen LogP contribution >= 0.6 is 0 Å². The maximum atomic E-state index is 12.6. The van der Waals surface area contributed by atoms with Gasteiger partial charge in [-0.3, -0.25) is 15.4 Å². The molecule has 126 valence electrons. The van der Waals surface area contributed by atoms with Gasteiger partial charge in [0.15, 0.2) is 0 Å². The summed E-state index contributed by atoms with van der Waals surface area (Å²) < 4.78 is 0. The number of benzene rings is 1. The number of hydrogen-bond acceptors (Lipinski definition) is 3. The highest BCUT2D eigenvalue weighted by atomic mass is 16.2. The number of nitrogens with one attached hydrogen (secondary N) is 3. The minimum absolute atomic E-state index is 0.300. The average Bonchev–Trinajstić information content (AvgIpc) is 2.82. The van der Waals surface area contributed by atoms with Crippen LogP contribution < -0.4 is 16.0 Å². The molecule has 5 nitrogen and oxygen atoms in total. The van der Waals surface area contributed by atoms with Crippen LogP contribution in [-0.2, 0) is 4.79 Å². The second kappa shape index (κ2) is 9.30. The van der Waals surface area contributed by atoms with E-state index in [2.05, 4.69) is 16.0 Å². The zero-order chi connectivity index (χ0) is 16.5. The molecule has 5 heteroatoms. The van der Waals surface area contributed by atoms with Gasteiger partial charge in [0.2, 0.25) is 5.91 Å². The predicted molar refractivity (Wildman–Crippen MR) is 91.0 cm³/mol. The van der Waals surface area contributed by atoms with Crippen LogP contribution in [0.25, 0.3) is 0 Å². The third kappa shape index (κ3) is 5.67. The molecule has 23 heavy (non-hydrogen) atoms. The summed E-state index contributed by atoms with van der Waals surface area (Å²) in [6.07, 6.45) is 7.07. The fourth-order valence-electron chi connectivity index (χ4n) is 3.04. The number of rotatable bonds is 5. The lowest BCUT2D eigenvalue weighted by molar-refractivity contribution is -0.122. The molecule has 0 bridgehead atoms. The van der Waals surface area contributed by atoms with E-state index in [1.54, 1.807) is 0 Å². The third-order valence-corrected chi connectivity index (χ3v) is 4.23. The highest BCUT2D eigenvalue weighted by molar-refractivity contribution is 5.97. The summed E-state index contributed by atoms with van der Waals surface area (Å²) in [4.78, 5) is 24.2. The molecule has 3 N–H and O–H groups in total. The average molecular weight is 317 g/mol. The molecular weight excluding hydrogens is 290 g/mol. The van der Waals surface area contributed by atoms with Gasteiger partial charge in [-0.15, -0.1) is 0 Å². The maximum Gasteiger partial charge on any atom is 0.321 e. The monoisotopic (exact) mass is 317 g/mol. The van der Waals surface area contributed by atoms with Crippen LogP contribution in [-0.4, -0.2) is 24.5 Å². The summed E-state index contributed by atoms with van der Waals surface area (Å²) in [5.74, 6) is -0.300. The molecule has 1 aliphatic carbocycles. The van der Waals surface area contributed by atoms with E-state index >= 15 is 0 Å². The molecule has 0 saturated heterocycles. The SMILES string of the molecule is CCNC(=O)NC(=O)[C@@H](NC1CCCCCC1)c1ccccc1. The van der Waals surface area contributed by atoms with E-state index < -0.39 is 12.1 Å². The van der Waals surface area contributed by atoms with E-state index in [0.717, 1.165) is 18.4 Å². The van der Waals surface area contributed by atoms with Gasteiger partial charge in [-0.25, -0.2) is 4.79 Å². The van der Waals surface area contributed by atoms with Crippen LogP contribution in [0.3, 0.4) is 0 Å². The molecule has 0 aromatic heterocycles. The van der Waals surface area contributed by atoms with E-state index in [1.165, 1.54) is 25.7 Å². The van der Waals surface area contributed by atoms with Crippen molar-refractivity contribution in [2.24, 2.45) is 0 Å². The second-order valence-corrected chi connectivity index (χ2v) is 6.05. The lowest BCUT2D eigenvalue weighted by Gasteiger charge is -2.24. The van der Waals surface area contributed by atoms with Crippen molar-refractivity contribution in [2.75, 3.05) is 6.54 Å². The van der Waals surface area contributed by atoms with Crippen molar-refractivity contribution >= 4 is 11.9 Å². The molecule has 0 heterocycles. The van der Waals surface area contributed by atoms with Crippen molar-refractivity contribution < 1.29 is 9.59 Å². The zero-order valence-corrected chi connectivity index (χ0v) is 13.8. The van der Waals surface area contributed by atoms with Crippen molar-refractivity contribution in [2.45, 2.75) is 57.5 Å². The van der Waals surface area contributed by atoms with E-state index in [0.29, 0.717) is 12.6 Å². The first kappa shape index (κ1) is 17.5. The molecule has 1 saturated carbocycles. The van der Waals surface area contributed by atoms with Crippen molar-refractivity contribution in [3.05, 3.63) is 35.9 Å². The van der Waals surface area contributed by atoms with Gasteiger partial charge in [0.1, 0.15) is 6.04 Å². The molecular formula is C18H27N3O2. The summed E-state index contributed by atoms with van der Waals surface area (Å²) in [7, 11) is 0. The number of amides is 3. The van der Waals surface area contributed by atoms with Crippen LogP contribution in [0.1, 0.15) is 57.1 Å². The molecule has 1 atom stereocenters. The first-order valence-electron chi connectivity index (χ1n) is 8.60. The van der Waals surface area contributed by atoms with Gasteiger partial charge in [0, 0.05) is 12.6 Å². The first-order chi connectivity index (χ1) is 11.2. The number of hydrogen-bond donors (Lipinski definition) is 3. The highest BCUT2D eigenvalue weighted by Crippen LogP contribution is 2.21. The Morgan fingerprint density at radius 1 is 1.09 bits per heavy atom. The summed E-state index contributed by atoms with van der Waals surface area (Å²) in [6.45, 7) is 2.31. The zero-order valence-electron chi connectivity index (χ0n) is 13.8. The van der Waals surface area contributed by atoms with Crippen LogP contribution in [0, 0.1) is 0 Å². The highest BCUT2D eigenvalue weighted by Gasteiger charge is 2.25. The van der Waals surface area contributed by atoms with Crippen molar-refractivity contribution in [3.63, 3.8) is 0 Å². The Hall–Kier alpha value is -1.88. The Morgan fingerprint density at radius 3 is 2.35 bits per heavy atom. The lowest BCUT2D eigenvalue weighted by Crippen LogP contribution is -2.47. The summed E-state index contributed by atoms with van der Waals surface area (Å²) in [6, 6.07) is 8.98. The molecule has 0 aliphatic heterocycles. The van der Waals surface area contributed by atoms with Crippen LogP contribution in [0.5, 0.6) is 0 Å². The standard InChI is InChI=1S/C18H27N3O2/c1-2-19-18(23)21-17(22)16(14-10-6-5-7-11-14)20-15-12-8-3-4-9-13-15/h5-7,10-11,15-16,20H,2-4,8-9,12-13H2,1H3,(H2,19,21,22,23)/t16-/m0/s1. The van der Waals surface area contributed by atoms with Gasteiger partial charge in [0.25, 0.3) is 0 Å². The fraction of sp³-hybridized carbons (Fsp3) is 0.556. The Bertz CT molecular complexity index is 496. The molecule has 3 amide bonds. The summed E-state index contributed by atoms with van der Waals surface area (Å²) >= 11 is 0. The van der Waals surface area contributed by atoms with E-state index in [1.807, 2.05) is 37.3 Å². The molecule has 1 aliphatic rings. The molecule has 1 aromatic rings. The fourth-order valence-corrected chi connectivity index (χ4v) is 3.04. The number of carbonyl (C=O) groups excluding carboxylic acids is 2. The van der Waals surface area contributed by atoms with Crippen LogP contribution in [0.15, 0.2) is 30.3 Å². The maximum absolute atomic E-state index is 12.6. The largest absolute Gasteiger partial charge is 0.338 e. The molecule has 0 radical (unpaired) electrons. The Labute approximate surface area is 138 Å². The summed E-state index contributed by atoms with van der Waals surface area (Å²) in [5.41, 5.74) is 0.888. The van der Waals surface area contributed by atoms with Crippen molar-refractivity contribution in [3.8, 4) is 0 Å². The molecule has 1 aromatic carbocycles.